The maximum absolute atomic E-state index is 12.3. The number of hydrogen-bond acceptors (Lipinski definition) is 3. The maximum atomic E-state index is 12.3. The fourth-order valence-corrected chi connectivity index (χ4v) is 6.79. The molecule has 1 amide bonds. The number of carbonyl (C=O) groups excluding carboxylic acids is 1. The predicted octanol–water partition coefficient (Wildman–Crippen LogP) is 4.79. The predicted molar refractivity (Wildman–Crippen MR) is 101 cm³/mol. The number of benzene rings is 1. The van der Waals surface area contributed by atoms with Gasteiger partial charge in [-0.05, 0) is 61.8 Å². The van der Waals surface area contributed by atoms with Gasteiger partial charge in [0.1, 0.15) is 0 Å². The molecule has 0 unspecified atom stereocenters. The number of amides is 1. The molecule has 0 aliphatic heterocycles. The molecule has 0 spiro atoms. The summed E-state index contributed by atoms with van der Waals surface area (Å²) in [4.78, 5) is 17.2. The summed E-state index contributed by atoms with van der Waals surface area (Å²) in [5.41, 5.74) is 2.61. The highest BCUT2D eigenvalue weighted by atomic mass is 32.1. The quantitative estimate of drug-likeness (QED) is 0.859. The summed E-state index contributed by atoms with van der Waals surface area (Å²) < 4.78 is 0. The number of nitrogens with one attached hydrogen (secondary N) is 1. The molecule has 6 rings (SSSR count). The Morgan fingerprint density at radius 3 is 2.36 bits per heavy atom. The highest BCUT2D eigenvalue weighted by molar-refractivity contribution is 7.13. The second kappa shape index (κ2) is 5.94. The molecule has 130 valence electrons. The van der Waals surface area contributed by atoms with Gasteiger partial charge < -0.3 is 5.32 Å². The summed E-state index contributed by atoms with van der Waals surface area (Å²) in [6.07, 6.45) is 8.71. The number of nitrogens with zero attached hydrogens (tertiary/aromatic N) is 1. The first-order chi connectivity index (χ1) is 12.2. The van der Waals surface area contributed by atoms with E-state index >= 15 is 0 Å². The smallest absolute Gasteiger partial charge is 0.230 e. The van der Waals surface area contributed by atoms with Gasteiger partial charge in [0.05, 0.1) is 12.1 Å². The largest absolute Gasteiger partial charge is 0.302 e. The van der Waals surface area contributed by atoms with Gasteiger partial charge in [-0.3, -0.25) is 4.79 Å². The van der Waals surface area contributed by atoms with Crippen LogP contribution in [-0.4, -0.2) is 10.9 Å². The topological polar surface area (TPSA) is 42.0 Å². The Balaban J connectivity index is 1.30. The van der Waals surface area contributed by atoms with Crippen molar-refractivity contribution in [3.8, 4) is 0 Å². The first-order valence-electron chi connectivity index (χ1n) is 9.48. The minimum absolute atomic E-state index is 0.0256. The van der Waals surface area contributed by atoms with E-state index in [0.717, 1.165) is 28.4 Å². The monoisotopic (exact) mass is 352 g/mol. The van der Waals surface area contributed by atoms with Crippen molar-refractivity contribution < 1.29 is 4.79 Å². The number of rotatable bonds is 4. The van der Waals surface area contributed by atoms with Gasteiger partial charge in [-0.25, -0.2) is 4.98 Å². The van der Waals surface area contributed by atoms with Gasteiger partial charge >= 0.3 is 0 Å². The Kier molecular flexibility index (Phi) is 3.70. The first-order valence-corrected chi connectivity index (χ1v) is 10.4. The van der Waals surface area contributed by atoms with E-state index in [-0.39, 0.29) is 5.91 Å². The molecule has 4 aliphatic rings. The third-order valence-electron chi connectivity index (χ3n) is 6.54. The molecule has 1 N–H and O–H groups in total. The molecular weight excluding hydrogens is 328 g/mol. The summed E-state index contributed by atoms with van der Waals surface area (Å²) in [5, 5.41) is 5.99. The van der Waals surface area contributed by atoms with Crippen molar-refractivity contribution in [2.75, 3.05) is 5.32 Å². The minimum atomic E-state index is 0.0256. The van der Waals surface area contributed by atoms with E-state index in [9.17, 15) is 4.79 Å². The Bertz CT molecular complexity index is 747. The number of anilines is 1. The summed E-state index contributed by atoms with van der Waals surface area (Å²) in [5.74, 6) is 2.79. The Labute approximate surface area is 152 Å². The highest BCUT2D eigenvalue weighted by Gasteiger charge is 2.52. The van der Waals surface area contributed by atoms with Gasteiger partial charge in [-0.2, -0.15) is 0 Å². The van der Waals surface area contributed by atoms with Crippen LogP contribution < -0.4 is 5.32 Å². The highest BCUT2D eigenvalue weighted by Crippen LogP contribution is 2.60. The van der Waals surface area contributed by atoms with Crippen LogP contribution in [0.2, 0.25) is 0 Å². The number of thiazole rings is 1. The van der Waals surface area contributed by atoms with Gasteiger partial charge in [0.2, 0.25) is 5.91 Å². The van der Waals surface area contributed by atoms with E-state index in [1.807, 2.05) is 30.3 Å². The summed E-state index contributed by atoms with van der Waals surface area (Å²) in [7, 11) is 0. The van der Waals surface area contributed by atoms with E-state index in [1.165, 1.54) is 44.2 Å². The fourth-order valence-electron chi connectivity index (χ4n) is 5.94. The molecule has 1 heterocycles. The zero-order valence-corrected chi connectivity index (χ0v) is 15.2. The molecule has 0 atom stereocenters. The molecule has 1 aromatic heterocycles. The zero-order valence-electron chi connectivity index (χ0n) is 14.4. The Morgan fingerprint density at radius 1 is 1.08 bits per heavy atom. The molecule has 2 aromatic rings. The lowest BCUT2D eigenvalue weighted by molar-refractivity contribution is -0.115. The van der Waals surface area contributed by atoms with Crippen LogP contribution in [0.25, 0.3) is 0 Å². The first kappa shape index (κ1) is 15.6. The van der Waals surface area contributed by atoms with E-state index in [2.05, 4.69) is 10.7 Å². The van der Waals surface area contributed by atoms with Crippen molar-refractivity contribution in [2.24, 2.45) is 17.8 Å². The van der Waals surface area contributed by atoms with Crippen LogP contribution in [0.3, 0.4) is 0 Å². The van der Waals surface area contributed by atoms with Crippen molar-refractivity contribution in [2.45, 2.75) is 50.4 Å². The molecule has 4 fully saturated rings. The number of carbonyl (C=O) groups is 1. The van der Waals surface area contributed by atoms with Gasteiger partial charge in [0.25, 0.3) is 0 Å². The third kappa shape index (κ3) is 2.91. The molecular formula is C21H24N2OS. The second-order valence-corrected chi connectivity index (χ2v) is 9.30. The van der Waals surface area contributed by atoms with Crippen molar-refractivity contribution >= 4 is 22.4 Å². The average Bonchev–Trinajstić information content (AvgIpc) is 3.04. The lowest BCUT2D eigenvalue weighted by atomic mass is 9.49. The van der Waals surface area contributed by atoms with Gasteiger partial charge in [0.15, 0.2) is 5.13 Å². The second-order valence-electron chi connectivity index (χ2n) is 8.45. The van der Waals surface area contributed by atoms with E-state index in [1.54, 1.807) is 11.3 Å². The zero-order chi connectivity index (χ0) is 16.9. The van der Waals surface area contributed by atoms with Gasteiger partial charge in [0, 0.05) is 10.8 Å². The van der Waals surface area contributed by atoms with Crippen LogP contribution >= 0.6 is 11.3 Å². The molecule has 3 nitrogen and oxygen atoms in total. The average molecular weight is 353 g/mol. The van der Waals surface area contributed by atoms with Crippen LogP contribution in [0, 0.1) is 17.8 Å². The van der Waals surface area contributed by atoms with Crippen molar-refractivity contribution in [3.05, 3.63) is 47.0 Å². The van der Waals surface area contributed by atoms with E-state index < -0.39 is 0 Å². The van der Waals surface area contributed by atoms with Crippen LogP contribution in [0.15, 0.2) is 35.7 Å². The standard InChI is InChI=1S/C21H24N2OS/c24-19(9-14-4-2-1-3-5-14)23-20-22-18(13-25-20)21-10-15-6-16(11-21)8-17(7-15)12-21/h1-5,13,15-17H,6-12H2,(H,22,23,24). The molecule has 4 saturated carbocycles. The molecule has 0 radical (unpaired) electrons. The van der Waals surface area contributed by atoms with E-state index in [4.69, 9.17) is 4.98 Å². The summed E-state index contributed by atoms with van der Waals surface area (Å²) in [6.45, 7) is 0. The van der Waals surface area contributed by atoms with Crippen LogP contribution in [0.4, 0.5) is 5.13 Å². The van der Waals surface area contributed by atoms with Crippen LogP contribution in [0.1, 0.15) is 49.8 Å². The van der Waals surface area contributed by atoms with Crippen molar-refractivity contribution in [1.29, 1.82) is 0 Å². The fraction of sp³-hybridized carbons (Fsp3) is 0.524. The molecule has 0 saturated heterocycles. The SMILES string of the molecule is O=C(Cc1ccccc1)Nc1nc(C23CC4CC(CC(C4)C2)C3)cs1. The maximum Gasteiger partial charge on any atom is 0.230 e. The Morgan fingerprint density at radius 2 is 1.72 bits per heavy atom. The Hall–Kier alpha value is -1.68. The molecule has 25 heavy (non-hydrogen) atoms. The van der Waals surface area contributed by atoms with Crippen molar-refractivity contribution in [1.82, 2.24) is 4.98 Å². The van der Waals surface area contributed by atoms with Gasteiger partial charge in [-0.15, -0.1) is 11.3 Å². The normalized spacial score (nSPS) is 32.7. The summed E-state index contributed by atoms with van der Waals surface area (Å²) in [6, 6.07) is 9.89. The van der Waals surface area contributed by atoms with Crippen LogP contribution in [0.5, 0.6) is 0 Å². The third-order valence-corrected chi connectivity index (χ3v) is 7.30. The lowest BCUT2D eigenvalue weighted by Gasteiger charge is -2.56. The lowest BCUT2D eigenvalue weighted by Crippen LogP contribution is -2.48. The minimum Gasteiger partial charge on any atom is -0.302 e. The molecule has 4 aliphatic carbocycles. The molecule has 4 heteroatoms. The summed E-state index contributed by atoms with van der Waals surface area (Å²) >= 11 is 1.59. The van der Waals surface area contributed by atoms with Crippen molar-refractivity contribution in [3.63, 3.8) is 0 Å². The number of aromatic nitrogens is 1. The number of hydrogen-bond donors (Lipinski definition) is 1. The molecule has 1 aromatic carbocycles. The van der Waals surface area contributed by atoms with E-state index in [0.29, 0.717) is 11.8 Å². The molecule has 4 bridgehead atoms. The van der Waals surface area contributed by atoms with Gasteiger partial charge in [-0.1, -0.05) is 30.3 Å². The van der Waals surface area contributed by atoms with Crippen LogP contribution in [-0.2, 0) is 16.6 Å².